The van der Waals surface area contributed by atoms with Crippen molar-refractivity contribution in [2.24, 2.45) is 0 Å². The molecular weight excluding hydrogens is 400 g/mol. The molecular formula is C19H21BrN2O4. The first-order chi connectivity index (χ1) is 12.4. The lowest BCUT2D eigenvalue weighted by molar-refractivity contribution is -0.384. The summed E-state index contributed by atoms with van der Waals surface area (Å²) in [5, 5.41) is 13.4. The van der Waals surface area contributed by atoms with Crippen LogP contribution in [0.1, 0.15) is 38.2 Å². The second kappa shape index (κ2) is 9.33. The van der Waals surface area contributed by atoms with Crippen molar-refractivity contribution in [1.82, 2.24) is 0 Å². The van der Waals surface area contributed by atoms with Gasteiger partial charge in [-0.25, -0.2) is 0 Å². The lowest BCUT2D eigenvalue weighted by Gasteiger charge is -2.11. The van der Waals surface area contributed by atoms with E-state index in [1.807, 2.05) is 18.2 Å². The predicted molar refractivity (Wildman–Crippen MR) is 105 cm³/mol. The highest BCUT2D eigenvalue weighted by Crippen LogP contribution is 2.29. The largest absolute Gasteiger partial charge is 0.492 e. The fraction of sp³-hybridized carbons (Fsp3) is 0.316. The minimum Gasteiger partial charge on any atom is -0.492 e. The van der Waals surface area contributed by atoms with Gasteiger partial charge in [0.05, 0.1) is 16.0 Å². The molecule has 0 aromatic heterocycles. The molecule has 0 spiro atoms. The number of non-ortho nitro benzene ring substituents is 1. The summed E-state index contributed by atoms with van der Waals surface area (Å²) in [6.45, 7) is 4.66. The zero-order valence-corrected chi connectivity index (χ0v) is 16.3. The number of anilines is 1. The van der Waals surface area contributed by atoms with Crippen molar-refractivity contribution in [1.29, 1.82) is 0 Å². The van der Waals surface area contributed by atoms with Gasteiger partial charge in [0.2, 0.25) is 5.91 Å². The minimum atomic E-state index is -0.494. The number of rotatable bonds is 8. The summed E-state index contributed by atoms with van der Waals surface area (Å²) in [7, 11) is 0. The van der Waals surface area contributed by atoms with Gasteiger partial charge in [0.1, 0.15) is 5.75 Å². The number of carbonyl (C=O) groups excluding carboxylic acids is 1. The van der Waals surface area contributed by atoms with Gasteiger partial charge in [-0.05, 0) is 52.0 Å². The van der Waals surface area contributed by atoms with Crippen molar-refractivity contribution in [3.63, 3.8) is 0 Å². The first-order valence-corrected chi connectivity index (χ1v) is 9.12. The van der Waals surface area contributed by atoms with Crippen LogP contribution >= 0.6 is 15.9 Å². The van der Waals surface area contributed by atoms with E-state index in [2.05, 4.69) is 35.1 Å². The van der Waals surface area contributed by atoms with Crippen molar-refractivity contribution in [2.75, 3.05) is 11.9 Å². The summed E-state index contributed by atoms with van der Waals surface area (Å²) in [5.41, 5.74) is 1.58. The number of hydrogen-bond donors (Lipinski definition) is 1. The molecule has 0 bridgehead atoms. The first-order valence-electron chi connectivity index (χ1n) is 8.33. The molecule has 0 saturated carbocycles. The van der Waals surface area contributed by atoms with Crippen molar-refractivity contribution in [2.45, 2.75) is 32.6 Å². The van der Waals surface area contributed by atoms with Gasteiger partial charge in [-0.1, -0.05) is 26.0 Å². The monoisotopic (exact) mass is 420 g/mol. The first kappa shape index (κ1) is 19.9. The van der Waals surface area contributed by atoms with E-state index in [1.54, 1.807) is 6.07 Å². The number of ether oxygens (including phenoxy) is 1. The third kappa shape index (κ3) is 5.84. The van der Waals surface area contributed by atoms with Crippen LogP contribution in [0.5, 0.6) is 5.75 Å². The molecule has 0 unspecified atom stereocenters. The Balaban J connectivity index is 1.78. The average Bonchev–Trinajstić information content (AvgIpc) is 2.59. The third-order valence-electron chi connectivity index (χ3n) is 3.77. The second-order valence-electron chi connectivity index (χ2n) is 6.15. The molecule has 2 rings (SSSR count). The molecule has 6 nitrogen and oxygen atoms in total. The zero-order chi connectivity index (χ0) is 19.1. The normalized spacial score (nSPS) is 10.6. The summed E-state index contributed by atoms with van der Waals surface area (Å²) in [6.07, 6.45) is 0.809. The van der Waals surface area contributed by atoms with Crippen LogP contribution in [0.15, 0.2) is 46.9 Å². The molecule has 26 heavy (non-hydrogen) atoms. The van der Waals surface area contributed by atoms with Crippen molar-refractivity contribution in [3.8, 4) is 5.75 Å². The van der Waals surface area contributed by atoms with Gasteiger partial charge in [0.25, 0.3) is 5.69 Å². The Morgan fingerprint density at radius 2 is 2.04 bits per heavy atom. The van der Waals surface area contributed by atoms with Gasteiger partial charge >= 0.3 is 0 Å². The van der Waals surface area contributed by atoms with E-state index in [9.17, 15) is 14.9 Å². The number of nitrogens with zero attached hydrogens (tertiary/aromatic N) is 1. The fourth-order valence-electron chi connectivity index (χ4n) is 2.33. The number of hydrogen-bond acceptors (Lipinski definition) is 4. The molecule has 0 aliphatic heterocycles. The Morgan fingerprint density at radius 3 is 2.69 bits per heavy atom. The molecule has 0 heterocycles. The van der Waals surface area contributed by atoms with E-state index in [0.717, 1.165) is 10.2 Å². The number of halogens is 1. The van der Waals surface area contributed by atoms with Gasteiger partial charge in [0.15, 0.2) is 0 Å². The van der Waals surface area contributed by atoms with Crippen molar-refractivity contribution < 1.29 is 14.5 Å². The van der Waals surface area contributed by atoms with Crippen LogP contribution in [0.2, 0.25) is 0 Å². The average molecular weight is 421 g/mol. The smallest absolute Gasteiger partial charge is 0.271 e. The fourth-order valence-corrected chi connectivity index (χ4v) is 2.84. The molecule has 7 heteroatoms. The molecule has 0 aliphatic rings. The predicted octanol–water partition coefficient (Wildman–Crippen LogP) is 5.28. The number of nitro benzene ring substituents is 1. The van der Waals surface area contributed by atoms with Crippen LogP contribution < -0.4 is 10.1 Å². The molecule has 2 aromatic carbocycles. The maximum absolute atomic E-state index is 11.9. The summed E-state index contributed by atoms with van der Waals surface area (Å²) in [5.74, 6) is 0.981. The van der Waals surface area contributed by atoms with Gasteiger partial charge in [-0.3, -0.25) is 14.9 Å². The Kier molecular flexibility index (Phi) is 7.15. The summed E-state index contributed by atoms with van der Waals surface area (Å²) in [6, 6.07) is 11.9. The summed E-state index contributed by atoms with van der Waals surface area (Å²) < 4.78 is 6.60. The van der Waals surface area contributed by atoms with Crippen LogP contribution in [-0.4, -0.2) is 17.4 Å². The number of carbonyl (C=O) groups is 1. The van der Waals surface area contributed by atoms with E-state index in [0.29, 0.717) is 24.6 Å². The molecule has 0 atom stereocenters. The second-order valence-corrected chi connectivity index (χ2v) is 7.01. The van der Waals surface area contributed by atoms with Crippen molar-refractivity contribution >= 4 is 33.2 Å². The van der Waals surface area contributed by atoms with Gasteiger partial charge in [0, 0.05) is 24.2 Å². The molecule has 2 aromatic rings. The highest BCUT2D eigenvalue weighted by Gasteiger charge is 2.09. The van der Waals surface area contributed by atoms with Crippen LogP contribution in [0.25, 0.3) is 0 Å². The Labute approximate surface area is 160 Å². The number of amides is 1. The van der Waals surface area contributed by atoms with E-state index in [1.165, 1.54) is 23.8 Å². The third-order valence-corrected chi connectivity index (χ3v) is 4.39. The summed E-state index contributed by atoms with van der Waals surface area (Å²) >= 11 is 3.50. The van der Waals surface area contributed by atoms with E-state index >= 15 is 0 Å². The molecule has 1 amide bonds. The van der Waals surface area contributed by atoms with Gasteiger partial charge in [-0.15, -0.1) is 0 Å². The maximum atomic E-state index is 11.9. The molecule has 138 valence electrons. The Bertz CT molecular complexity index is 793. The molecule has 0 radical (unpaired) electrons. The highest BCUT2D eigenvalue weighted by molar-refractivity contribution is 9.10. The molecule has 1 N–H and O–H groups in total. The topological polar surface area (TPSA) is 81.5 Å². The zero-order valence-electron chi connectivity index (χ0n) is 14.7. The standard InChI is InChI=1S/C19H21BrN2O4/c1-13(2)14-8-9-18(17(20)11-14)26-10-4-7-19(23)21-15-5-3-6-16(12-15)22(24)25/h3,5-6,8-9,11-13H,4,7,10H2,1-2H3,(H,21,23). The number of nitro groups is 1. The molecule has 0 aliphatic carbocycles. The van der Waals surface area contributed by atoms with Crippen LogP contribution in [-0.2, 0) is 4.79 Å². The van der Waals surface area contributed by atoms with Crippen LogP contribution in [0.4, 0.5) is 11.4 Å². The Morgan fingerprint density at radius 1 is 1.27 bits per heavy atom. The Hall–Kier alpha value is -2.41. The van der Waals surface area contributed by atoms with Crippen LogP contribution in [0, 0.1) is 10.1 Å². The van der Waals surface area contributed by atoms with E-state index < -0.39 is 4.92 Å². The quantitative estimate of drug-likeness (QED) is 0.357. The number of nitrogens with one attached hydrogen (secondary N) is 1. The lowest BCUT2D eigenvalue weighted by Crippen LogP contribution is -2.13. The van der Waals surface area contributed by atoms with Gasteiger partial charge in [-0.2, -0.15) is 0 Å². The minimum absolute atomic E-state index is 0.0548. The molecule has 0 fully saturated rings. The van der Waals surface area contributed by atoms with E-state index in [4.69, 9.17) is 4.74 Å². The summed E-state index contributed by atoms with van der Waals surface area (Å²) in [4.78, 5) is 22.2. The van der Waals surface area contributed by atoms with Crippen molar-refractivity contribution in [3.05, 3.63) is 62.6 Å². The maximum Gasteiger partial charge on any atom is 0.271 e. The van der Waals surface area contributed by atoms with Gasteiger partial charge < -0.3 is 10.1 Å². The molecule has 0 saturated heterocycles. The lowest BCUT2D eigenvalue weighted by atomic mass is 10.0. The van der Waals surface area contributed by atoms with E-state index in [-0.39, 0.29) is 18.0 Å². The SMILES string of the molecule is CC(C)c1ccc(OCCCC(=O)Nc2cccc([N+](=O)[O-])c2)c(Br)c1. The number of benzene rings is 2. The highest BCUT2D eigenvalue weighted by atomic mass is 79.9. The van der Waals surface area contributed by atoms with Crippen LogP contribution in [0.3, 0.4) is 0 Å².